The van der Waals surface area contributed by atoms with Crippen LogP contribution in [0, 0.1) is 11.3 Å². The van der Waals surface area contributed by atoms with Gasteiger partial charge in [0, 0.05) is 12.6 Å². The minimum absolute atomic E-state index is 0.453. The van der Waals surface area contributed by atoms with Gasteiger partial charge in [0.05, 0.1) is 11.9 Å². The Kier molecular flexibility index (Phi) is 3.47. The van der Waals surface area contributed by atoms with Crippen LogP contribution in [0.4, 0.5) is 5.69 Å². The third-order valence-electron chi connectivity index (χ3n) is 2.16. The van der Waals surface area contributed by atoms with Gasteiger partial charge >= 0.3 is 0 Å². The van der Waals surface area contributed by atoms with Gasteiger partial charge in [-0.1, -0.05) is 0 Å². The predicted octanol–water partition coefficient (Wildman–Crippen LogP) is 2.19. The zero-order valence-corrected chi connectivity index (χ0v) is 8.86. The number of aromatic nitrogens is 1. The Balaban J connectivity index is 2.90. The van der Waals surface area contributed by atoms with E-state index in [0.717, 1.165) is 12.2 Å². The number of hydrogen-bond donors (Lipinski definition) is 0. The summed E-state index contributed by atoms with van der Waals surface area (Å²) in [5, 5.41) is 8.61. The van der Waals surface area contributed by atoms with Gasteiger partial charge in [0.25, 0.3) is 0 Å². The molecule has 0 aliphatic carbocycles. The molecule has 0 amide bonds. The minimum Gasteiger partial charge on any atom is -0.368 e. The summed E-state index contributed by atoms with van der Waals surface area (Å²) in [5.74, 6) is 0. The maximum Gasteiger partial charge on any atom is 0.140 e. The molecule has 0 unspecified atom stereocenters. The molecule has 0 N–H and O–H groups in total. The monoisotopic (exact) mass is 189 g/mol. The largest absolute Gasteiger partial charge is 0.368 e. The summed E-state index contributed by atoms with van der Waals surface area (Å²) in [6.07, 6.45) is 1.75. The standard InChI is InChI=1S/C11H15N3/c1-4-14(9(2)3)11-6-5-10(7-12)13-8-11/h5-6,8-9H,4H2,1-3H3. The average molecular weight is 189 g/mol. The molecule has 0 bridgehead atoms. The Labute approximate surface area is 85.0 Å². The molecule has 0 saturated heterocycles. The Bertz CT molecular complexity index is 321. The number of hydrogen-bond acceptors (Lipinski definition) is 3. The number of pyridine rings is 1. The first-order valence-corrected chi connectivity index (χ1v) is 4.81. The van der Waals surface area contributed by atoms with Crippen LogP contribution in [0.15, 0.2) is 18.3 Å². The summed E-state index contributed by atoms with van der Waals surface area (Å²) in [6, 6.07) is 6.15. The first-order chi connectivity index (χ1) is 6.69. The van der Waals surface area contributed by atoms with Crippen molar-refractivity contribution in [1.82, 2.24) is 4.98 Å². The summed E-state index contributed by atoms with van der Waals surface area (Å²) in [5.41, 5.74) is 1.54. The van der Waals surface area contributed by atoms with Gasteiger partial charge < -0.3 is 4.90 Å². The summed E-state index contributed by atoms with van der Waals surface area (Å²) in [4.78, 5) is 6.28. The first-order valence-electron chi connectivity index (χ1n) is 4.81. The van der Waals surface area contributed by atoms with Gasteiger partial charge in [0.1, 0.15) is 11.8 Å². The molecule has 0 aliphatic rings. The lowest BCUT2D eigenvalue weighted by Crippen LogP contribution is -2.30. The second-order valence-electron chi connectivity index (χ2n) is 3.39. The fraction of sp³-hybridized carbons (Fsp3) is 0.455. The van der Waals surface area contributed by atoms with E-state index in [1.165, 1.54) is 0 Å². The van der Waals surface area contributed by atoms with Crippen LogP contribution in [-0.4, -0.2) is 17.6 Å². The lowest BCUT2D eigenvalue weighted by Gasteiger charge is -2.26. The second kappa shape index (κ2) is 4.61. The quantitative estimate of drug-likeness (QED) is 0.731. The lowest BCUT2D eigenvalue weighted by molar-refractivity contribution is 0.702. The fourth-order valence-electron chi connectivity index (χ4n) is 1.47. The van der Waals surface area contributed by atoms with Crippen LogP contribution < -0.4 is 4.90 Å². The number of nitriles is 1. The van der Waals surface area contributed by atoms with Gasteiger partial charge in [-0.05, 0) is 32.9 Å². The Morgan fingerprint density at radius 2 is 2.21 bits per heavy atom. The normalized spacial score (nSPS) is 9.93. The van der Waals surface area contributed by atoms with E-state index in [4.69, 9.17) is 5.26 Å². The smallest absolute Gasteiger partial charge is 0.140 e. The van der Waals surface area contributed by atoms with Gasteiger partial charge in [0.15, 0.2) is 0 Å². The molecule has 0 saturated carbocycles. The molecule has 3 nitrogen and oxygen atoms in total. The lowest BCUT2D eigenvalue weighted by atomic mass is 10.2. The summed E-state index contributed by atoms with van der Waals surface area (Å²) >= 11 is 0. The zero-order valence-electron chi connectivity index (χ0n) is 8.86. The van der Waals surface area contributed by atoms with Crippen LogP contribution in [0.2, 0.25) is 0 Å². The molecule has 1 aromatic heterocycles. The molecular formula is C11H15N3. The van der Waals surface area contributed by atoms with E-state index in [2.05, 4.69) is 30.7 Å². The van der Waals surface area contributed by atoms with Crippen LogP contribution in [-0.2, 0) is 0 Å². The molecule has 0 radical (unpaired) electrons. The van der Waals surface area contributed by atoms with Crippen molar-refractivity contribution in [2.75, 3.05) is 11.4 Å². The molecule has 0 spiro atoms. The van der Waals surface area contributed by atoms with Crippen molar-refractivity contribution in [3.8, 4) is 6.07 Å². The Morgan fingerprint density at radius 1 is 1.50 bits per heavy atom. The molecule has 0 fully saturated rings. The summed E-state index contributed by atoms with van der Waals surface area (Å²) < 4.78 is 0. The first kappa shape index (κ1) is 10.5. The summed E-state index contributed by atoms with van der Waals surface area (Å²) in [6.45, 7) is 7.34. The predicted molar refractivity (Wildman–Crippen MR) is 57.1 cm³/mol. The number of rotatable bonds is 3. The van der Waals surface area contributed by atoms with Gasteiger partial charge in [-0.2, -0.15) is 5.26 Å². The third kappa shape index (κ3) is 2.23. The van der Waals surface area contributed by atoms with Crippen LogP contribution in [0.3, 0.4) is 0 Å². The highest BCUT2D eigenvalue weighted by Gasteiger charge is 2.07. The highest BCUT2D eigenvalue weighted by molar-refractivity contribution is 5.46. The Morgan fingerprint density at radius 3 is 2.57 bits per heavy atom. The second-order valence-corrected chi connectivity index (χ2v) is 3.39. The molecular weight excluding hydrogens is 174 g/mol. The zero-order chi connectivity index (χ0) is 10.6. The van der Waals surface area contributed by atoms with Gasteiger partial charge in [-0.15, -0.1) is 0 Å². The van der Waals surface area contributed by atoms with Crippen LogP contribution >= 0.6 is 0 Å². The van der Waals surface area contributed by atoms with Crippen LogP contribution in [0.1, 0.15) is 26.5 Å². The van der Waals surface area contributed by atoms with Gasteiger partial charge in [-0.25, -0.2) is 4.98 Å². The van der Waals surface area contributed by atoms with Crippen molar-refractivity contribution in [3.63, 3.8) is 0 Å². The van der Waals surface area contributed by atoms with E-state index in [-0.39, 0.29) is 0 Å². The molecule has 0 atom stereocenters. The van der Waals surface area contributed by atoms with Gasteiger partial charge in [0.2, 0.25) is 0 Å². The highest BCUT2D eigenvalue weighted by Crippen LogP contribution is 2.15. The number of anilines is 1. The van der Waals surface area contributed by atoms with E-state index in [9.17, 15) is 0 Å². The molecule has 0 aromatic carbocycles. The highest BCUT2D eigenvalue weighted by atomic mass is 15.1. The maximum absolute atomic E-state index is 8.61. The molecule has 0 aliphatic heterocycles. The fourth-order valence-corrected chi connectivity index (χ4v) is 1.47. The van der Waals surface area contributed by atoms with Crippen molar-refractivity contribution in [2.45, 2.75) is 26.8 Å². The third-order valence-corrected chi connectivity index (χ3v) is 2.16. The molecule has 1 heterocycles. The summed E-state index contributed by atoms with van der Waals surface area (Å²) in [7, 11) is 0. The van der Waals surface area contributed by atoms with Crippen molar-refractivity contribution in [2.24, 2.45) is 0 Å². The van der Waals surface area contributed by atoms with Crippen molar-refractivity contribution < 1.29 is 0 Å². The van der Waals surface area contributed by atoms with Crippen LogP contribution in [0.25, 0.3) is 0 Å². The van der Waals surface area contributed by atoms with E-state index < -0.39 is 0 Å². The SMILES string of the molecule is CCN(c1ccc(C#N)nc1)C(C)C. The van der Waals surface area contributed by atoms with Crippen molar-refractivity contribution in [1.29, 1.82) is 5.26 Å². The number of nitrogens with zero attached hydrogens (tertiary/aromatic N) is 3. The van der Waals surface area contributed by atoms with Gasteiger partial charge in [-0.3, -0.25) is 0 Å². The van der Waals surface area contributed by atoms with Crippen molar-refractivity contribution in [3.05, 3.63) is 24.0 Å². The van der Waals surface area contributed by atoms with E-state index in [1.54, 1.807) is 12.3 Å². The van der Waals surface area contributed by atoms with Crippen LogP contribution in [0.5, 0.6) is 0 Å². The van der Waals surface area contributed by atoms with E-state index >= 15 is 0 Å². The Hall–Kier alpha value is -1.56. The molecule has 1 rings (SSSR count). The molecule has 1 aromatic rings. The maximum atomic E-state index is 8.61. The van der Waals surface area contributed by atoms with E-state index in [1.807, 2.05) is 12.1 Å². The van der Waals surface area contributed by atoms with E-state index in [0.29, 0.717) is 11.7 Å². The average Bonchev–Trinajstić information content (AvgIpc) is 2.19. The molecule has 14 heavy (non-hydrogen) atoms. The topological polar surface area (TPSA) is 39.9 Å². The molecule has 74 valence electrons. The minimum atomic E-state index is 0.453. The van der Waals surface area contributed by atoms with Crippen molar-refractivity contribution >= 4 is 5.69 Å². The molecule has 3 heteroatoms.